The largest absolute Gasteiger partial charge is 0.364 e. The molecule has 0 saturated heterocycles. The minimum atomic E-state index is -0.767. The number of benzene rings is 1. The zero-order valence-electron chi connectivity index (χ0n) is 9.24. The van der Waals surface area contributed by atoms with Crippen molar-refractivity contribution in [3.63, 3.8) is 0 Å². The summed E-state index contributed by atoms with van der Waals surface area (Å²) in [5.41, 5.74) is 9.23. The van der Waals surface area contributed by atoms with Gasteiger partial charge in [-0.1, -0.05) is 30.3 Å². The molecule has 1 atom stereocenters. The van der Waals surface area contributed by atoms with Gasteiger partial charge in [0.15, 0.2) is 0 Å². The van der Waals surface area contributed by atoms with Crippen LogP contribution < -0.4 is 0 Å². The number of rotatable bonds is 6. The van der Waals surface area contributed by atoms with Crippen LogP contribution in [0.25, 0.3) is 5.53 Å². The van der Waals surface area contributed by atoms with Crippen LogP contribution in [0.2, 0.25) is 0 Å². The van der Waals surface area contributed by atoms with Crippen LogP contribution in [0.15, 0.2) is 30.3 Å². The number of nitrogens with zero attached hydrogens (tertiary/aromatic N) is 2. The summed E-state index contributed by atoms with van der Waals surface area (Å²) in [6, 6.07) is 9.43. The Hall–Kier alpha value is -2.21. The molecule has 0 amide bonds. The number of hydrogen-bond acceptors (Lipinski definition) is 2. The Morgan fingerprint density at radius 2 is 2.24 bits per heavy atom. The lowest BCUT2D eigenvalue weighted by Gasteiger charge is -2.10. The molecule has 0 fully saturated rings. The molecule has 0 aliphatic carbocycles. The number of ketones is 1. The highest BCUT2D eigenvalue weighted by molar-refractivity contribution is 6.27. The standard InChI is InChI=1S/C13H12N2O2/c1-2-6-13(12(16)9-15-14)17-10-11-7-4-3-5-8-11/h1,3-5,7-9,13H,6,10H2/t13-/m0/s1. The fraction of sp³-hybridized carbons (Fsp3) is 0.231. The highest BCUT2D eigenvalue weighted by Crippen LogP contribution is 2.06. The van der Waals surface area contributed by atoms with Gasteiger partial charge in [0, 0.05) is 6.42 Å². The van der Waals surface area contributed by atoms with E-state index in [4.69, 9.17) is 16.7 Å². The second kappa shape index (κ2) is 7.13. The second-order valence-corrected chi connectivity index (χ2v) is 3.34. The van der Waals surface area contributed by atoms with E-state index in [9.17, 15) is 4.79 Å². The maximum atomic E-state index is 11.4. The summed E-state index contributed by atoms with van der Waals surface area (Å²) in [5.74, 6) is 1.91. The van der Waals surface area contributed by atoms with E-state index >= 15 is 0 Å². The molecule has 4 heteroatoms. The molecule has 17 heavy (non-hydrogen) atoms. The van der Waals surface area contributed by atoms with E-state index in [0.717, 1.165) is 11.8 Å². The van der Waals surface area contributed by atoms with Gasteiger partial charge in [-0.05, 0) is 5.56 Å². The Morgan fingerprint density at radius 1 is 1.53 bits per heavy atom. The quantitative estimate of drug-likeness (QED) is 0.320. The van der Waals surface area contributed by atoms with Crippen molar-refractivity contribution < 1.29 is 14.3 Å². The second-order valence-electron chi connectivity index (χ2n) is 3.34. The summed E-state index contributed by atoms with van der Waals surface area (Å²) < 4.78 is 5.39. The van der Waals surface area contributed by atoms with Gasteiger partial charge in [0.1, 0.15) is 6.10 Å². The van der Waals surface area contributed by atoms with Crippen molar-refractivity contribution in [1.82, 2.24) is 0 Å². The Balaban J connectivity index is 2.59. The topological polar surface area (TPSA) is 62.7 Å². The van der Waals surface area contributed by atoms with Gasteiger partial charge < -0.3 is 10.3 Å². The van der Waals surface area contributed by atoms with Gasteiger partial charge in [0.25, 0.3) is 5.78 Å². The third kappa shape index (κ3) is 4.43. The number of hydrogen-bond donors (Lipinski definition) is 0. The summed E-state index contributed by atoms with van der Waals surface area (Å²) in [6.07, 6.45) is 5.32. The lowest BCUT2D eigenvalue weighted by molar-refractivity contribution is -0.127. The Morgan fingerprint density at radius 3 is 2.82 bits per heavy atom. The van der Waals surface area contributed by atoms with E-state index in [2.05, 4.69) is 10.7 Å². The van der Waals surface area contributed by atoms with Crippen LogP contribution in [0.5, 0.6) is 0 Å². The van der Waals surface area contributed by atoms with Gasteiger partial charge in [0.05, 0.1) is 6.61 Å². The predicted octanol–water partition coefficient (Wildman–Crippen LogP) is 1.46. The van der Waals surface area contributed by atoms with Crippen molar-refractivity contribution in [2.45, 2.75) is 19.1 Å². The maximum Gasteiger partial charge on any atom is 0.325 e. The SMILES string of the molecule is C#CC[C@H](OCc1ccccc1)C(=O)C=[N+]=[N-]. The molecule has 0 bridgehead atoms. The summed E-state index contributed by atoms with van der Waals surface area (Å²) in [7, 11) is 0. The van der Waals surface area contributed by atoms with Gasteiger partial charge in [0.2, 0.25) is 0 Å². The van der Waals surface area contributed by atoms with Crippen molar-refractivity contribution in [2.24, 2.45) is 0 Å². The Labute approximate surface area is 99.8 Å². The van der Waals surface area contributed by atoms with E-state index in [0.29, 0.717) is 0 Å². The summed E-state index contributed by atoms with van der Waals surface area (Å²) >= 11 is 0. The molecule has 0 radical (unpaired) electrons. The molecule has 0 aliphatic rings. The van der Waals surface area contributed by atoms with Gasteiger partial charge in [-0.2, -0.15) is 4.79 Å². The fourth-order valence-electron chi connectivity index (χ4n) is 1.26. The van der Waals surface area contributed by atoms with Crippen LogP contribution in [0.4, 0.5) is 0 Å². The molecule has 0 aliphatic heterocycles. The van der Waals surface area contributed by atoms with Gasteiger partial charge in [-0.25, -0.2) is 0 Å². The molecule has 86 valence electrons. The van der Waals surface area contributed by atoms with E-state index in [1.165, 1.54) is 0 Å². The Kier molecular flexibility index (Phi) is 5.39. The molecule has 1 rings (SSSR count). The van der Waals surface area contributed by atoms with E-state index in [1.807, 2.05) is 30.3 Å². The van der Waals surface area contributed by atoms with Crippen molar-refractivity contribution in [1.29, 1.82) is 0 Å². The average Bonchev–Trinajstić information content (AvgIpc) is 2.36. The number of carbonyl (C=O) groups excluding carboxylic acids is 1. The number of carbonyl (C=O) groups is 1. The van der Waals surface area contributed by atoms with Crippen LogP contribution in [-0.4, -0.2) is 22.9 Å². The zero-order chi connectivity index (χ0) is 12.5. The van der Waals surface area contributed by atoms with Crippen LogP contribution in [0.1, 0.15) is 12.0 Å². The zero-order valence-corrected chi connectivity index (χ0v) is 9.24. The van der Waals surface area contributed by atoms with Crippen molar-refractivity contribution in [3.05, 3.63) is 41.4 Å². The van der Waals surface area contributed by atoms with Crippen molar-refractivity contribution >= 4 is 12.0 Å². The van der Waals surface area contributed by atoms with Crippen LogP contribution in [-0.2, 0) is 16.1 Å². The van der Waals surface area contributed by atoms with Crippen LogP contribution in [0.3, 0.4) is 0 Å². The highest BCUT2D eigenvalue weighted by atomic mass is 16.5. The molecule has 0 heterocycles. The summed E-state index contributed by atoms with van der Waals surface area (Å²) in [6.45, 7) is 0.290. The third-order valence-corrected chi connectivity index (χ3v) is 2.10. The van der Waals surface area contributed by atoms with Gasteiger partial charge in [-0.3, -0.25) is 4.79 Å². The van der Waals surface area contributed by atoms with E-state index < -0.39 is 11.9 Å². The minimum Gasteiger partial charge on any atom is -0.364 e. The maximum absolute atomic E-state index is 11.4. The van der Waals surface area contributed by atoms with Crippen molar-refractivity contribution in [2.75, 3.05) is 0 Å². The first-order valence-electron chi connectivity index (χ1n) is 5.08. The Bertz CT molecular complexity index is 456. The number of terminal acetylenes is 1. The lowest BCUT2D eigenvalue weighted by Crippen LogP contribution is -2.25. The molecule has 1 aromatic carbocycles. The van der Waals surface area contributed by atoms with Crippen LogP contribution in [0, 0.1) is 12.3 Å². The first-order valence-corrected chi connectivity index (χ1v) is 5.08. The normalized spacial score (nSPS) is 11.0. The highest BCUT2D eigenvalue weighted by Gasteiger charge is 2.19. The molecular weight excluding hydrogens is 216 g/mol. The monoisotopic (exact) mass is 228 g/mol. The smallest absolute Gasteiger partial charge is 0.325 e. The average molecular weight is 228 g/mol. The number of Topliss-reactive ketones (excluding diaryl/α,β-unsaturated/α-hetero) is 1. The van der Waals surface area contributed by atoms with Crippen LogP contribution >= 0.6 is 0 Å². The van der Waals surface area contributed by atoms with E-state index in [-0.39, 0.29) is 13.0 Å². The van der Waals surface area contributed by atoms with Gasteiger partial charge >= 0.3 is 6.21 Å². The summed E-state index contributed by atoms with van der Waals surface area (Å²) in [5, 5.41) is 0. The molecule has 0 spiro atoms. The molecular formula is C13H12N2O2. The fourth-order valence-corrected chi connectivity index (χ4v) is 1.26. The van der Waals surface area contributed by atoms with Gasteiger partial charge in [-0.15, -0.1) is 12.3 Å². The van der Waals surface area contributed by atoms with E-state index in [1.54, 1.807) is 0 Å². The number of ether oxygens (including phenoxy) is 1. The third-order valence-electron chi connectivity index (χ3n) is 2.10. The molecule has 0 N–H and O–H groups in total. The lowest BCUT2D eigenvalue weighted by atomic mass is 10.2. The molecule has 0 aromatic heterocycles. The van der Waals surface area contributed by atoms with Crippen molar-refractivity contribution in [3.8, 4) is 12.3 Å². The molecule has 1 aromatic rings. The molecule has 0 unspecified atom stereocenters. The molecule has 4 nitrogen and oxygen atoms in total. The first kappa shape index (κ1) is 12.9. The predicted molar refractivity (Wildman–Crippen MR) is 63.2 cm³/mol. The first-order chi connectivity index (χ1) is 8.27. The molecule has 0 saturated carbocycles. The minimum absolute atomic E-state index is 0.150. The summed E-state index contributed by atoms with van der Waals surface area (Å²) in [4.78, 5) is 14.1.